The average Bonchev–Trinajstić information content (AvgIpc) is 2.29. The summed E-state index contributed by atoms with van der Waals surface area (Å²) in [6.45, 7) is 2.14. The van der Waals surface area contributed by atoms with Gasteiger partial charge in [-0.3, -0.25) is 10.0 Å². The highest BCUT2D eigenvalue weighted by molar-refractivity contribution is 5.74. The van der Waals surface area contributed by atoms with Crippen LogP contribution in [0.25, 0.3) is 6.08 Å². The molecule has 3 rings (SSSR count). The van der Waals surface area contributed by atoms with Crippen molar-refractivity contribution in [2.24, 2.45) is 0 Å². The molecule has 2 aliphatic heterocycles. The van der Waals surface area contributed by atoms with Crippen molar-refractivity contribution in [3.8, 4) is 0 Å². The van der Waals surface area contributed by atoms with E-state index in [1.165, 1.54) is 16.8 Å². The molecule has 0 aliphatic carbocycles. The fourth-order valence-corrected chi connectivity index (χ4v) is 2.02. The Balaban J connectivity index is 2.20. The lowest BCUT2D eigenvalue weighted by Crippen LogP contribution is -2.34. The summed E-state index contributed by atoms with van der Waals surface area (Å²) in [5.74, 6) is 0. The van der Waals surface area contributed by atoms with Crippen LogP contribution in [0.2, 0.25) is 0 Å². The van der Waals surface area contributed by atoms with E-state index in [1.54, 1.807) is 0 Å². The van der Waals surface area contributed by atoms with Crippen LogP contribution in [0, 0.1) is 6.92 Å². The number of hydrogen-bond donors (Lipinski definition) is 0. The minimum absolute atomic E-state index is 1.26. The maximum atomic E-state index is 2.16. The van der Waals surface area contributed by atoms with Crippen LogP contribution in [0.1, 0.15) is 11.1 Å². The number of anilines is 1. The Morgan fingerprint density at radius 3 is 2.80 bits per heavy atom. The highest BCUT2D eigenvalue weighted by Crippen LogP contribution is 2.32. The van der Waals surface area contributed by atoms with E-state index in [-0.39, 0.29) is 0 Å². The zero-order valence-electron chi connectivity index (χ0n) is 8.59. The summed E-state index contributed by atoms with van der Waals surface area (Å²) in [6.07, 6.45) is 12.4. The molecule has 0 unspecified atom stereocenters. The van der Waals surface area contributed by atoms with Crippen LogP contribution in [0.15, 0.2) is 49.0 Å². The summed E-state index contributed by atoms with van der Waals surface area (Å²) in [4.78, 5) is 0. The van der Waals surface area contributed by atoms with Crippen molar-refractivity contribution >= 4 is 11.8 Å². The van der Waals surface area contributed by atoms with E-state index in [0.717, 1.165) is 0 Å². The summed E-state index contributed by atoms with van der Waals surface area (Å²) in [7, 11) is 0. The van der Waals surface area contributed by atoms with Gasteiger partial charge < -0.3 is 0 Å². The van der Waals surface area contributed by atoms with E-state index in [1.807, 2.05) is 18.4 Å². The topological polar surface area (TPSA) is 6.48 Å². The van der Waals surface area contributed by atoms with E-state index >= 15 is 0 Å². The van der Waals surface area contributed by atoms with Crippen molar-refractivity contribution in [3.63, 3.8) is 0 Å². The van der Waals surface area contributed by atoms with E-state index in [4.69, 9.17) is 0 Å². The molecule has 1 aromatic rings. The van der Waals surface area contributed by atoms with Crippen molar-refractivity contribution < 1.29 is 0 Å². The number of fused-ring (bicyclic) bond motifs is 3. The van der Waals surface area contributed by atoms with Gasteiger partial charge in [-0.2, -0.15) is 0 Å². The quantitative estimate of drug-likeness (QED) is 0.629. The van der Waals surface area contributed by atoms with Crippen LogP contribution in [0.3, 0.4) is 0 Å². The van der Waals surface area contributed by atoms with Gasteiger partial charge >= 0.3 is 0 Å². The maximum absolute atomic E-state index is 2.16. The fourth-order valence-electron chi connectivity index (χ4n) is 2.02. The number of aryl methyl sites for hydroxylation is 1. The van der Waals surface area contributed by atoms with Crippen molar-refractivity contribution in [3.05, 3.63) is 60.1 Å². The van der Waals surface area contributed by atoms with Crippen molar-refractivity contribution in [1.29, 1.82) is 0 Å². The first-order valence-electron chi connectivity index (χ1n) is 5.06. The zero-order valence-corrected chi connectivity index (χ0v) is 8.59. The molecule has 2 heteroatoms. The lowest BCUT2D eigenvalue weighted by atomic mass is 10.1. The fraction of sp³-hybridized carbons (Fsp3) is 0.0769. The Labute approximate surface area is 89.4 Å². The van der Waals surface area contributed by atoms with Crippen LogP contribution < -0.4 is 5.01 Å². The monoisotopic (exact) mass is 196 g/mol. The largest absolute Gasteiger partial charge is 0.264 e. The lowest BCUT2D eigenvalue weighted by molar-refractivity contribution is 0.504. The van der Waals surface area contributed by atoms with Gasteiger partial charge in [0.1, 0.15) is 0 Å². The smallest absolute Gasteiger partial charge is 0.0731 e. The number of nitrogens with zero attached hydrogens (tertiary/aromatic N) is 2. The maximum Gasteiger partial charge on any atom is 0.0731 e. The molecule has 0 saturated heterocycles. The van der Waals surface area contributed by atoms with Gasteiger partial charge in [0, 0.05) is 24.2 Å². The van der Waals surface area contributed by atoms with Gasteiger partial charge in [0.05, 0.1) is 5.69 Å². The predicted molar refractivity (Wildman–Crippen MR) is 62.8 cm³/mol. The second-order valence-corrected chi connectivity index (χ2v) is 3.74. The molecule has 0 amide bonds. The third kappa shape index (κ3) is 1.18. The first-order valence-corrected chi connectivity index (χ1v) is 5.06. The second-order valence-electron chi connectivity index (χ2n) is 3.74. The van der Waals surface area contributed by atoms with Gasteiger partial charge in [0.2, 0.25) is 0 Å². The summed E-state index contributed by atoms with van der Waals surface area (Å²) in [5.41, 5.74) is 3.83. The Morgan fingerprint density at radius 2 is 1.87 bits per heavy atom. The van der Waals surface area contributed by atoms with Gasteiger partial charge in [0.25, 0.3) is 0 Å². The standard InChI is InChI=1S/C13H12N2/c1-11-5-4-6-12-7-10-14-8-2-3-9-15(14)13(11)12/h2-10H,1H3. The first kappa shape index (κ1) is 8.36. The number of hydrogen-bond acceptors (Lipinski definition) is 2. The van der Waals surface area contributed by atoms with Crippen LogP contribution >= 0.6 is 0 Å². The molecule has 2 aliphatic rings. The molecule has 0 atom stereocenters. The summed E-state index contributed by atoms with van der Waals surface area (Å²) in [5, 5.41) is 4.24. The van der Waals surface area contributed by atoms with Gasteiger partial charge in [0.15, 0.2) is 0 Å². The Morgan fingerprint density at radius 1 is 1.00 bits per heavy atom. The normalized spacial score (nSPS) is 16.6. The van der Waals surface area contributed by atoms with Crippen molar-refractivity contribution in [1.82, 2.24) is 5.01 Å². The second kappa shape index (κ2) is 3.02. The lowest BCUT2D eigenvalue weighted by Gasteiger charge is -2.36. The molecule has 0 bridgehead atoms. The number of benzene rings is 1. The van der Waals surface area contributed by atoms with Crippen LogP contribution in [-0.2, 0) is 0 Å². The Hall–Kier alpha value is -1.96. The van der Waals surface area contributed by atoms with E-state index < -0.39 is 0 Å². The minimum Gasteiger partial charge on any atom is -0.264 e. The molecular formula is C13H12N2. The molecule has 2 heterocycles. The zero-order chi connectivity index (χ0) is 10.3. The Kier molecular flexibility index (Phi) is 1.68. The van der Waals surface area contributed by atoms with Crippen molar-refractivity contribution in [2.45, 2.75) is 6.92 Å². The summed E-state index contributed by atoms with van der Waals surface area (Å²) in [6, 6.07) is 6.38. The molecular weight excluding hydrogens is 184 g/mol. The highest BCUT2D eigenvalue weighted by atomic mass is 15.6. The molecule has 0 spiro atoms. The molecule has 0 radical (unpaired) electrons. The molecule has 0 saturated carbocycles. The molecule has 15 heavy (non-hydrogen) atoms. The van der Waals surface area contributed by atoms with Gasteiger partial charge in [-0.05, 0) is 30.7 Å². The van der Waals surface area contributed by atoms with Gasteiger partial charge in [-0.15, -0.1) is 0 Å². The van der Waals surface area contributed by atoms with E-state index in [9.17, 15) is 0 Å². The molecule has 0 fully saturated rings. The molecule has 1 aromatic carbocycles. The molecule has 2 nitrogen and oxygen atoms in total. The van der Waals surface area contributed by atoms with E-state index in [0.29, 0.717) is 0 Å². The van der Waals surface area contributed by atoms with Gasteiger partial charge in [-0.1, -0.05) is 18.2 Å². The predicted octanol–water partition coefficient (Wildman–Crippen LogP) is 3.04. The third-order valence-electron chi connectivity index (χ3n) is 2.73. The summed E-state index contributed by atoms with van der Waals surface area (Å²) >= 11 is 0. The third-order valence-corrected chi connectivity index (χ3v) is 2.73. The van der Waals surface area contributed by atoms with Crippen LogP contribution in [0.5, 0.6) is 0 Å². The van der Waals surface area contributed by atoms with Crippen LogP contribution in [-0.4, -0.2) is 5.01 Å². The number of hydrazine groups is 1. The SMILES string of the molecule is Cc1cccc2c1N1C=CC=CN1C=C2. The molecule has 0 aromatic heterocycles. The van der Waals surface area contributed by atoms with Crippen molar-refractivity contribution in [2.75, 3.05) is 5.01 Å². The highest BCUT2D eigenvalue weighted by Gasteiger charge is 2.18. The molecule has 0 N–H and O–H groups in total. The van der Waals surface area contributed by atoms with Crippen LogP contribution in [0.4, 0.5) is 5.69 Å². The minimum atomic E-state index is 1.26. The van der Waals surface area contributed by atoms with Gasteiger partial charge in [-0.25, -0.2) is 0 Å². The number of rotatable bonds is 0. The number of para-hydroxylation sites is 1. The van der Waals surface area contributed by atoms with E-state index in [2.05, 4.69) is 53.6 Å². The molecule has 74 valence electrons. The average molecular weight is 196 g/mol. The Bertz CT molecular complexity index is 483. The first-order chi connectivity index (χ1) is 7.36. The summed E-state index contributed by atoms with van der Waals surface area (Å²) < 4.78 is 0. The number of allylic oxidation sites excluding steroid dienone is 2.